The maximum absolute atomic E-state index is 9.20. The molecule has 1 aromatic carbocycles. The SMILES string of the molecule is CC[n+]1ccccc1/C=C/c1ccc(O)cc1.I. The predicted molar refractivity (Wildman–Crippen MR) is 84.8 cm³/mol. The van der Waals surface area contributed by atoms with Gasteiger partial charge in [0.15, 0.2) is 6.20 Å². The van der Waals surface area contributed by atoms with Crippen molar-refractivity contribution < 1.29 is 9.67 Å². The highest BCUT2D eigenvalue weighted by Gasteiger charge is 2.01. The first-order valence-corrected chi connectivity index (χ1v) is 5.75. The number of aromatic nitrogens is 1. The molecule has 0 aliphatic carbocycles. The summed E-state index contributed by atoms with van der Waals surface area (Å²) in [6.45, 7) is 3.08. The smallest absolute Gasteiger partial charge is 0.205 e. The van der Waals surface area contributed by atoms with Gasteiger partial charge in [-0.05, 0) is 36.8 Å². The van der Waals surface area contributed by atoms with Crippen LogP contribution in [0, 0.1) is 0 Å². The highest BCUT2D eigenvalue weighted by Crippen LogP contribution is 2.11. The number of phenolic OH excluding ortho intramolecular Hbond substituents is 1. The van der Waals surface area contributed by atoms with Crippen LogP contribution in [-0.2, 0) is 6.54 Å². The molecule has 18 heavy (non-hydrogen) atoms. The van der Waals surface area contributed by atoms with E-state index in [1.165, 1.54) is 5.69 Å². The number of halogens is 1. The Kier molecular flexibility index (Phi) is 5.85. The van der Waals surface area contributed by atoms with Crippen LogP contribution in [0.5, 0.6) is 5.75 Å². The van der Waals surface area contributed by atoms with E-state index in [1.807, 2.05) is 30.3 Å². The summed E-state index contributed by atoms with van der Waals surface area (Å²) in [5.74, 6) is 0.297. The molecule has 0 aliphatic rings. The molecule has 2 aromatic rings. The molecule has 2 nitrogen and oxygen atoms in total. The van der Waals surface area contributed by atoms with Crippen molar-refractivity contribution in [2.75, 3.05) is 0 Å². The fourth-order valence-corrected chi connectivity index (χ4v) is 1.70. The van der Waals surface area contributed by atoms with Crippen LogP contribution < -0.4 is 4.57 Å². The summed E-state index contributed by atoms with van der Waals surface area (Å²) < 4.78 is 2.18. The standard InChI is InChI=1S/C15H15NO.HI/c1-2-16-12-4-3-5-14(16)9-6-13-7-10-15(17)11-8-13;/h3-12H,2H2,1H3;1H/p+1. The molecule has 0 amide bonds. The summed E-state index contributed by atoms with van der Waals surface area (Å²) in [5, 5.41) is 9.20. The van der Waals surface area contributed by atoms with Gasteiger partial charge in [-0.2, -0.15) is 4.57 Å². The van der Waals surface area contributed by atoms with Gasteiger partial charge in [0.25, 0.3) is 0 Å². The third kappa shape index (κ3) is 3.84. The van der Waals surface area contributed by atoms with Crippen molar-refractivity contribution in [3.63, 3.8) is 0 Å². The fraction of sp³-hybridized carbons (Fsp3) is 0.133. The van der Waals surface area contributed by atoms with Crippen molar-refractivity contribution in [3.8, 4) is 5.75 Å². The van der Waals surface area contributed by atoms with E-state index in [0.29, 0.717) is 5.75 Å². The van der Waals surface area contributed by atoms with Crippen LogP contribution in [0.2, 0.25) is 0 Å². The minimum absolute atomic E-state index is 0. The zero-order valence-corrected chi connectivity index (χ0v) is 12.6. The van der Waals surface area contributed by atoms with Crippen LogP contribution in [-0.4, -0.2) is 5.11 Å². The van der Waals surface area contributed by atoms with Crippen molar-refractivity contribution >= 4 is 36.1 Å². The molecular weight excluding hydrogens is 337 g/mol. The van der Waals surface area contributed by atoms with Gasteiger partial charge in [-0.1, -0.05) is 12.1 Å². The molecule has 0 spiro atoms. The van der Waals surface area contributed by atoms with Crippen LogP contribution in [0.25, 0.3) is 12.2 Å². The number of nitrogens with zero attached hydrogens (tertiary/aromatic N) is 1. The molecule has 0 fully saturated rings. The Morgan fingerprint density at radius 2 is 1.78 bits per heavy atom. The Morgan fingerprint density at radius 1 is 1.06 bits per heavy atom. The van der Waals surface area contributed by atoms with Gasteiger partial charge in [-0.15, -0.1) is 24.0 Å². The van der Waals surface area contributed by atoms with Gasteiger partial charge in [0.05, 0.1) is 0 Å². The normalized spacial score (nSPS) is 10.3. The van der Waals surface area contributed by atoms with E-state index in [4.69, 9.17) is 0 Å². The average molecular weight is 354 g/mol. The maximum atomic E-state index is 9.20. The number of pyridine rings is 1. The van der Waals surface area contributed by atoms with Crippen molar-refractivity contribution in [1.29, 1.82) is 0 Å². The Bertz CT molecular complexity index is 520. The number of benzene rings is 1. The van der Waals surface area contributed by atoms with Gasteiger partial charge in [0.1, 0.15) is 12.3 Å². The molecule has 0 unspecified atom stereocenters. The van der Waals surface area contributed by atoms with Gasteiger partial charge >= 0.3 is 0 Å². The van der Waals surface area contributed by atoms with Gasteiger partial charge in [-0.3, -0.25) is 0 Å². The van der Waals surface area contributed by atoms with Gasteiger partial charge in [-0.25, -0.2) is 0 Å². The molecule has 0 bridgehead atoms. The number of aryl methyl sites for hydroxylation is 1. The van der Waals surface area contributed by atoms with E-state index in [0.717, 1.165) is 12.1 Å². The maximum Gasteiger partial charge on any atom is 0.205 e. The molecular formula is C15H17INO+. The van der Waals surface area contributed by atoms with Crippen LogP contribution in [0.1, 0.15) is 18.2 Å². The molecule has 94 valence electrons. The first kappa shape index (κ1) is 14.7. The topological polar surface area (TPSA) is 24.1 Å². The monoisotopic (exact) mass is 354 g/mol. The second kappa shape index (κ2) is 7.16. The molecule has 2 rings (SSSR count). The van der Waals surface area contributed by atoms with E-state index in [1.54, 1.807) is 12.1 Å². The molecule has 1 aromatic heterocycles. The van der Waals surface area contributed by atoms with Crippen molar-refractivity contribution in [1.82, 2.24) is 0 Å². The van der Waals surface area contributed by atoms with Crippen molar-refractivity contribution in [2.24, 2.45) is 0 Å². The summed E-state index contributed by atoms with van der Waals surface area (Å²) in [6.07, 6.45) is 6.19. The van der Waals surface area contributed by atoms with Crippen LogP contribution in [0.15, 0.2) is 48.7 Å². The molecule has 0 aliphatic heterocycles. The number of hydrogen-bond donors (Lipinski definition) is 1. The lowest BCUT2D eigenvalue weighted by molar-refractivity contribution is -0.695. The highest BCUT2D eigenvalue weighted by molar-refractivity contribution is 14.0. The molecule has 1 N–H and O–H groups in total. The number of rotatable bonds is 3. The van der Waals surface area contributed by atoms with E-state index in [-0.39, 0.29) is 24.0 Å². The van der Waals surface area contributed by atoms with Gasteiger partial charge in [0.2, 0.25) is 5.69 Å². The van der Waals surface area contributed by atoms with Crippen LogP contribution in [0.3, 0.4) is 0 Å². The van der Waals surface area contributed by atoms with E-state index in [2.05, 4.69) is 29.8 Å². The molecule has 1 heterocycles. The lowest BCUT2D eigenvalue weighted by Gasteiger charge is -1.97. The zero-order chi connectivity index (χ0) is 12.1. The van der Waals surface area contributed by atoms with Crippen LogP contribution in [0.4, 0.5) is 0 Å². The third-order valence-corrected chi connectivity index (χ3v) is 2.66. The van der Waals surface area contributed by atoms with Crippen molar-refractivity contribution in [3.05, 3.63) is 59.9 Å². The van der Waals surface area contributed by atoms with Gasteiger partial charge in [0, 0.05) is 18.2 Å². The second-order valence-electron chi connectivity index (χ2n) is 3.84. The number of phenols is 1. The Morgan fingerprint density at radius 3 is 2.44 bits per heavy atom. The molecule has 0 atom stereocenters. The van der Waals surface area contributed by atoms with Gasteiger partial charge < -0.3 is 5.11 Å². The molecule has 0 saturated heterocycles. The van der Waals surface area contributed by atoms with E-state index in [9.17, 15) is 5.11 Å². The quantitative estimate of drug-likeness (QED) is 0.662. The number of hydrogen-bond acceptors (Lipinski definition) is 1. The largest absolute Gasteiger partial charge is 0.508 e. The summed E-state index contributed by atoms with van der Waals surface area (Å²) in [7, 11) is 0. The van der Waals surface area contributed by atoms with Crippen molar-refractivity contribution in [2.45, 2.75) is 13.5 Å². The minimum Gasteiger partial charge on any atom is -0.508 e. The Labute approximate surface area is 125 Å². The minimum atomic E-state index is 0. The summed E-state index contributed by atoms with van der Waals surface area (Å²) >= 11 is 0. The third-order valence-electron chi connectivity index (χ3n) is 2.66. The predicted octanol–water partition coefficient (Wildman–Crippen LogP) is 3.49. The summed E-state index contributed by atoms with van der Waals surface area (Å²) in [4.78, 5) is 0. The zero-order valence-electron chi connectivity index (χ0n) is 10.3. The first-order chi connectivity index (χ1) is 8.29. The van der Waals surface area contributed by atoms with E-state index < -0.39 is 0 Å². The summed E-state index contributed by atoms with van der Waals surface area (Å²) in [6, 6.07) is 13.3. The number of aromatic hydroxyl groups is 1. The Hall–Kier alpha value is -1.36. The lowest BCUT2D eigenvalue weighted by Crippen LogP contribution is -2.34. The fourth-order valence-electron chi connectivity index (χ4n) is 1.70. The second-order valence-corrected chi connectivity index (χ2v) is 3.84. The van der Waals surface area contributed by atoms with Crippen LogP contribution >= 0.6 is 24.0 Å². The molecule has 0 radical (unpaired) electrons. The lowest BCUT2D eigenvalue weighted by atomic mass is 10.2. The molecule has 3 heteroatoms. The first-order valence-electron chi connectivity index (χ1n) is 5.75. The average Bonchev–Trinajstić information content (AvgIpc) is 2.38. The van der Waals surface area contributed by atoms with E-state index >= 15 is 0 Å². The molecule has 0 saturated carbocycles. The Balaban J connectivity index is 0.00000162. The highest BCUT2D eigenvalue weighted by atomic mass is 127. The summed E-state index contributed by atoms with van der Waals surface area (Å²) in [5.41, 5.74) is 2.25.